The van der Waals surface area contributed by atoms with Crippen molar-refractivity contribution >= 4 is 0 Å². The van der Waals surface area contributed by atoms with Crippen molar-refractivity contribution in [3.8, 4) is 5.75 Å². The van der Waals surface area contributed by atoms with Gasteiger partial charge in [-0.15, -0.1) is 0 Å². The Labute approximate surface area is 126 Å². The Balaban J connectivity index is 1.56. The van der Waals surface area contributed by atoms with E-state index in [2.05, 4.69) is 14.9 Å². The van der Waals surface area contributed by atoms with Crippen molar-refractivity contribution in [3.63, 3.8) is 0 Å². The largest absolute Gasteiger partial charge is 0.435 e. The van der Waals surface area contributed by atoms with Gasteiger partial charge in [0.05, 0.1) is 5.54 Å². The molecule has 3 rings (SSSR count). The zero-order chi connectivity index (χ0) is 15.6. The second-order valence-corrected chi connectivity index (χ2v) is 5.54. The Bertz CT molecular complexity index is 624. The summed E-state index contributed by atoms with van der Waals surface area (Å²) >= 11 is 0. The van der Waals surface area contributed by atoms with Crippen LogP contribution in [0.3, 0.4) is 0 Å². The first-order valence-corrected chi connectivity index (χ1v) is 7.21. The van der Waals surface area contributed by atoms with Crippen molar-refractivity contribution in [3.05, 3.63) is 41.5 Å². The van der Waals surface area contributed by atoms with Crippen molar-refractivity contribution in [1.82, 2.24) is 10.1 Å². The van der Waals surface area contributed by atoms with Gasteiger partial charge in [0, 0.05) is 6.42 Å². The van der Waals surface area contributed by atoms with Gasteiger partial charge in [0.25, 0.3) is 0 Å². The molecule has 0 unspecified atom stereocenters. The lowest BCUT2D eigenvalue weighted by Crippen LogP contribution is -2.44. The molecule has 1 saturated carbocycles. The highest BCUT2D eigenvalue weighted by atomic mass is 19.3. The summed E-state index contributed by atoms with van der Waals surface area (Å²) in [6, 6.07) is 6.52. The molecule has 0 aliphatic heterocycles. The molecule has 22 heavy (non-hydrogen) atoms. The molecule has 0 saturated heterocycles. The van der Waals surface area contributed by atoms with E-state index in [4.69, 9.17) is 10.3 Å². The predicted octanol–water partition coefficient (Wildman–Crippen LogP) is 2.79. The minimum absolute atomic E-state index is 0.147. The molecule has 2 N–H and O–H groups in total. The van der Waals surface area contributed by atoms with Gasteiger partial charge in [-0.3, -0.25) is 0 Å². The molecule has 0 bridgehead atoms. The number of benzene rings is 1. The zero-order valence-electron chi connectivity index (χ0n) is 12.0. The average Bonchev–Trinajstić information content (AvgIpc) is 2.93. The third-order valence-electron chi connectivity index (χ3n) is 3.94. The highest BCUT2D eigenvalue weighted by Crippen LogP contribution is 2.36. The third kappa shape index (κ3) is 3.24. The van der Waals surface area contributed by atoms with Gasteiger partial charge >= 0.3 is 6.61 Å². The minimum atomic E-state index is -2.81. The van der Waals surface area contributed by atoms with E-state index >= 15 is 0 Å². The number of aryl methyl sites for hydroxylation is 2. The summed E-state index contributed by atoms with van der Waals surface area (Å²) in [5, 5.41) is 3.95. The lowest BCUT2D eigenvalue weighted by molar-refractivity contribution is -0.0498. The van der Waals surface area contributed by atoms with Gasteiger partial charge in [0.2, 0.25) is 5.89 Å². The van der Waals surface area contributed by atoms with Crippen LogP contribution in [0.1, 0.15) is 36.5 Å². The molecular weight excluding hydrogens is 292 g/mol. The van der Waals surface area contributed by atoms with Crippen LogP contribution >= 0.6 is 0 Å². The van der Waals surface area contributed by atoms with Crippen LogP contribution < -0.4 is 10.5 Å². The van der Waals surface area contributed by atoms with Crippen LogP contribution in [0.25, 0.3) is 0 Å². The molecule has 1 aromatic carbocycles. The van der Waals surface area contributed by atoms with Gasteiger partial charge in [-0.05, 0) is 43.4 Å². The minimum Gasteiger partial charge on any atom is -0.435 e. The van der Waals surface area contributed by atoms with Crippen molar-refractivity contribution in [1.29, 1.82) is 0 Å². The maximum atomic E-state index is 12.1. The number of halogens is 2. The van der Waals surface area contributed by atoms with E-state index in [-0.39, 0.29) is 5.75 Å². The highest BCUT2D eigenvalue weighted by Gasteiger charge is 2.38. The summed E-state index contributed by atoms with van der Waals surface area (Å²) in [6.45, 7) is -2.81. The number of hydrogen-bond donors (Lipinski definition) is 1. The van der Waals surface area contributed by atoms with Crippen LogP contribution in [0.2, 0.25) is 0 Å². The maximum absolute atomic E-state index is 12.1. The smallest absolute Gasteiger partial charge is 0.387 e. The number of nitrogens with zero attached hydrogens (tertiary/aromatic N) is 2. The number of hydrogen-bond acceptors (Lipinski definition) is 5. The van der Waals surface area contributed by atoms with Crippen LogP contribution in [0.4, 0.5) is 8.78 Å². The second kappa shape index (κ2) is 6.00. The first-order chi connectivity index (χ1) is 10.5. The zero-order valence-corrected chi connectivity index (χ0v) is 12.0. The Kier molecular flexibility index (Phi) is 4.06. The molecule has 5 nitrogen and oxygen atoms in total. The van der Waals surface area contributed by atoms with Crippen LogP contribution in [0, 0.1) is 0 Å². The Morgan fingerprint density at radius 1 is 1.23 bits per heavy atom. The Morgan fingerprint density at radius 3 is 2.55 bits per heavy atom. The van der Waals surface area contributed by atoms with E-state index in [0.29, 0.717) is 24.6 Å². The lowest BCUT2D eigenvalue weighted by Gasteiger charge is -2.34. The Morgan fingerprint density at radius 2 is 1.95 bits per heavy atom. The van der Waals surface area contributed by atoms with Gasteiger partial charge in [0.15, 0.2) is 5.82 Å². The molecule has 1 fully saturated rings. The first-order valence-electron chi connectivity index (χ1n) is 7.21. The quantitative estimate of drug-likeness (QED) is 0.888. The number of rotatable bonds is 6. The van der Waals surface area contributed by atoms with Crippen molar-refractivity contribution in [2.24, 2.45) is 5.73 Å². The summed E-state index contributed by atoms with van der Waals surface area (Å²) in [5.74, 6) is 1.27. The molecule has 0 spiro atoms. The maximum Gasteiger partial charge on any atom is 0.387 e. The predicted molar refractivity (Wildman–Crippen MR) is 74.5 cm³/mol. The molecule has 1 aromatic heterocycles. The van der Waals surface area contributed by atoms with Gasteiger partial charge in [0.1, 0.15) is 5.75 Å². The highest BCUT2D eigenvalue weighted by molar-refractivity contribution is 5.27. The second-order valence-electron chi connectivity index (χ2n) is 5.54. The fraction of sp³-hybridized carbons (Fsp3) is 0.467. The van der Waals surface area contributed by atoms with Crippen molar-refractivity contribution in [2.45, 2.75) is 44.3 Å². The molecule has 0 amide bonds. The fourth-order valence-electron chi connectivity index (χ4n) is 2.43. The average molecular weight is 309 g/mol. The van der Waals surface area contributed by atoms with E-state index in [9.17, 15) is 8.78 Å². The summed E-state index contributed by atoms with van der Waals surface area (Å²) in [5.41, 5.74) is 6.70. The topological polar surface area (TPSA) is 74.2 Å². The monoisotopic (exact) mass is 309 g/mol. The Hall–Kier alpha value is -2.02. The molecule has 0 atom stereocenters. The van der Waals surface area contributed by atoms with Crippen molar-refractivity contribution in [2.75, 3.05) is 0 Å². The molecule has 1 aliphatic rings. The molecule has 2 aromatic rings. The van der Waals surface area contributed by atoms with Crippen LogP contribution in [-0.2, 0) is 18.4 Å². The summed E-state index contributed by atoms with van der Waals surface area (Å²) < 4.78 is 33.6. The first kappa shape index (κ1) is 14.9. The van der Waals surface area contributed by atoms with E-state index in [1.807, 2.05) is 0 Å². The van der Waals surface area contributed by atoms with Crippen molar-refractivity contribution < 1.29 is 18.0 Å². The standard InChI is InChI=1S/C15H17F2N3O2/c16-14(17)21-11-5-2-10(3-6-11)4-7-12-19-13(20-22-12)15(18)8-1-9-15/h2-3,5-6,14H,1,4,7-9,18H2. The number of alkyl halides is 2. The number of nitrogens with two attached hydrogens (primary N) is 1. The number of ether oxygens (including phenoxy) is 1. The SMILES string of the molecule is NC1(c2noc(CCc3ccc(OC(F)F)cc3)n2)CCC1. The molecule has 0 radical (unpaired) electrons. The normalized spacial score (nSPS) is 16.5. The van der Waals surface area contributed by atoms with Crippen LogP contribution in [0.5, 0.6) is 5.75 Å². The molecule has 118 valence electrons. The van der Waals surface area contributed by atoms with E-state index in [1.54, 1.807) is 12.1 Å². The van der Waals surface area contributed by atoms with Crippen LogP contribution in [-0.4, -0.2) is 16.8 Å². The van der Waals surface area contributed by atoms with Gasteiger partial charge in [-0.1, -0.05) is 17.3 Å². The molecular formula is C15H17F2N3O2. The van der Waals surface area contributed by atoms with Gasteiger partial charge < -0.3 is 15.0 Å². The number of aromatic nitrogens is 2. The van der Waals surface area contributed by atoms with E-state index in [0.717, 1.165) is 24.8 Å². The molecule has 1 heterocycles. The van der Waals surface area contributed by atoms with E-state index < -0.39 is 12.2 Å². The third-order valence-corrected chi connectivity index (χ3v) is 3.94. The summed E-state index contributed by atoms with van der Waals surface area (Å²) in [7, 11) is 0. The molecule has 7 heteroatoms. The summed E-state index contributed by atoms with van der Waals surface area (Å²) in [4.78, 5) is 4.35. The fourth-order valence-corrected chi connectivity index (χ4v) is 2.43. The molecule has 1 aliphatic carbocycles. The van der Waals surface area contributed by atoms with Crippen LogP contribution in [0.15, 0.2) is 28.8 Å². The summed E-state index contributed by atoms with van der Waals surface area (Å²) in [6.07, 6.45) is 4.12. The van der Waals surface area contributed by atoms with Gasteiger partial charge in [-0.25, -0.2) is 0 Å². The van der Waals surface area contributed by atoms with E-state index in [1.165, 1.54) is 12.1 Å². The van der Waals surface area contributed by atoms with Gasteiger partial charge in [-0.2, -0.15) is 13.8 Å². The lowest BCUT2D eigenvalue weighted by atomic mass is 9.77.